The number of carbonyl (C=O) groups excluding carboxylic acids is 3. The molecule has 0 aromatic carbocycles. The number of anilines is 3. The van der Waals surface area contributed by atoms with E-state index in [-0.39, 0.29) is 53.5 Å². The van der Waals surface area contributed by atoms with Gasteiger partial charge in [0.1, 0.15) is 5.70 Å². The maximum absolute atomic E-state index is 13.3. The first-order valence-corrected chi connectivity index (χ1v) is 15.1. The zero-order valence-electron chi connectivity index (χ0n) is 24.3. The smallest absolute Gasteiger partial charge is 0.352 e. The second kappa shape index (κ2) is 13.1. The monoisotopic (exact) mass is 666 g/mol. The molecule has 2 aliphatic heterocycles. The average Bonchev–Trinajstić information content (AvgIpc) is 3.52. The van der Waals surface area contributed by atoms with Gasteiger partial charge in [-0.15, -0.1) is 21.1 Å². The number of aromatic nitrogens is 4. The number of oxime groups is 1. The molecule has 2 aliphatic rings. The zero-order valence-corrected chi connectivity index (χ0v) is 26.0. The van der Waals surface area contributed by atoms with E-state index in [0.29, 0.717) is 5.57 Å². The number of β-lactam (4-membered cyclic amide) rings is 1. The van der Waals surface area contributed by atoms with Crippen molar-refractivity contribution in [2.75, 3.05) is 35.6 Å². The van der Waals surface area contributed by atoms with E-state index >= 15 is 0 Å². The predicted octanol–water partition coefficient (Wildman–Crippen LogP) is -1.48. The molecule has 4 heterocycles. The Bertz CT molecular complexity index is 1620. The number of Topliss-reactive ketones (excluding diaryl/α,β-unsaturated/α-hetero) is 1. The number of aliphatic carboxylic acids is 2. The minimum Gasteiger partial charge on any atom is -0.478 e. The summed E-state index contributed by atoms with van der Waals surface area (Å²) in [5.74, 6) is -4.67. The lowest BCUT2D eigenvalue weighted by atomic mass is 9.89. The molecular formula is C24H32N11O8S2+. The molecule has 2 atom stereocenters. The first kappa shape index (κ1) is 33.1. The molecule has 0 bridgehead atoms. The van der Waals surface area contributed by atoms with Crippen LogP contribution in [-0.4, -0.2) is 94.3 Å². The topological polar surface area (TPSA) is 287 Å². The Labute approximate surface area is 263 Å². The summed E-state index contributed by atoms with van der Waals surface area (Å²) in [6.07, 6.45) is 1.14. The number of carbonyl (C=O) groups is 5. The molecular weight excluding hydrogens is 634 g/mol. The normalized spacial score (nSPS) is 18.3. The lowest BCUT2D eigenvalue weighted by molar-refractivity contribution is -0.765. The van der Waals surface area contributed by atoms with Gasteiger partial charge in [-0.05, 0) is 13.8 Å². The van der Waals surface area contributed by atoms with Gasteiger partial charge >= 0.3 is 18.0 Å². The number of hydrogen-bond acceptors (Lipinski definition) is 14. The molecule has 45 heavy (non-hydrogen) atoms. The van der Waals surface area contributed by atoms with Gasteiger partial charge < -0.3 is 37.6 Å². The Balaban J connectivity index is 1.54. The molecule has 0 radical (unpaired) electrons. The van der Waals surface area contributed by atoms with Crippen LogP contribution < -0.4 is 32.5 Å². The number of hydrogen-bond donors (Lipinski definition) is 7. The van der Waals surface area contributed by atoms with Gasteiger partial charge in [-0.25, -0.2) is 14.4 Å². The van der Waals surface area contributed by atoms with E-state index in [0.717, 1.165) is 16.4 Å². The van der Waals surface area contributed by atoms with Crippen LogP contribution in [0, 0.1) is 5.92 Å². The molecule has 2 aromatic rings. The molecule has 0 aliphatic carbocycles. The van der Waals surface area contributed by atoms with Crippen molar-refractivity contribution in [3.8, 4) is 0 Å². The molecule has 1 fully saturated rings. The van der Waals surface area contributed by atoms with E-state index in [1.807, 2.05) is 0 Å². The lowest BCUT2D eigenvalue weighted by Gasteiger charge is -2.49. The van der Waals surface area contributed by atoms with Crippen LogP contribution in [-0.2, 0) is 37.6 Å². The number of ketones is 1. The summed E-state index contributed by atoms with van der Waals surface area (Å²) in [7, 11) is 1.62. The SMILES string of the molecule is Cn1c(N)c(NC(=O)NCCN)c[n+]1CC1=C(C(=O)O)N2C(=O)[C@@H](CC(=O)/C(=N\OC(C)(C)C(=O)O)c3nsc(N)n3)[C@H]2SC1. The molecule has 2 aromatic heterocycles. The van der Waals surface area contributed by atoms with E-state index < -0.39 is 58.7 Å². The van der Waals surface area contributed by atoms with Crippen molar-refractivity contribution < 1.29 is 43.7 Å². The fourth-order valence-corrected chi connectivity index (χ4v) is 6.23. The molecule has 3 amide bonds. The third kappa shape index (κ3) is 6.83. The van der Waals surface area contributed by atoms with Crippen molar-refractivity contribution in [3.05, 3.63) is 23.3 Å². The summed E-state index contributed by atoms with van der Waals surface area (Å²) in [5, 5.41) is 27.7. The van der Waals surface area contributed by atoms with Crippen LogP contribution >= 0.6 is 23.3 Å². The van der Waals surface area contributed by atoms with Crippen LogP contribution in [0.4, 0.5) is 21.4 Å². The number of carboxylic acids is 2. The minimum atomic E-state index is -1.79. The van der Waals surface area contributed by atoms with E-state index in [1.165, 1.54) is 36.5 Å². The molecule has 10 N–H and O–H groups in total. The first-order valence-electron chi connectivity index (χ1n) is 13.3. The Morgan fingerprint density at radius 1 is 1.27 bits per heavy atom. The number of amides is 3. The highest BCUT2D eigenvalue weighted by Crippen LogP contribution is 2.45. The number of urea groups is 1. The quantitative estimate of drug-likeness (QED) is 0.0556. The average molecular weight is 667 g/mol. The molecule has 242 valence electrons. The Kier molecular flexibility index (Phi) is 9.63. The number of nitrogen functional groups attached to an aromatic ring is 2. The summed E-state index contributed by atoms with van der Waals surface area (Å²) in [4.78, 5) is 72.8. The fraction of sp³-hybridized carbons (Fsp3) is 0.458. The number of rotatable bonds is 13. The molecule has 0 spiro atoms. The van der Waals surface area contributed by atoms with Crippen LogP contribution in [0.25, 0.3) is 0 Å². The molecule has 0 saturated carbocycles. The molecule has 19 nitrogen and oxygen atoms in total. The third-order valence-corrected chi connectivity index (χ3v) is 8.82. The number of fused-ring (bicyclic) bond motifs is 1. The van der Waals surface area contributed by atoms with Crippen LogP contribution in [0.1, 0.15) is 26.1 Å². The molecule has 21 heteroatoms. The third-order valence-electron chi connectivity index (χ3n) is 6.88. The number of nitrogens with zero attached hydrogens (tertiary/aromatic N) is 6. The van der Waals surface area contributed by atoms with Gasteiger partial charge in [-0.2, -0.15) is 9.36 Å². The molecule has 4 rings (SSSR count). The minimum absolute atomic E-state index is 0.0242. The maximum Gasteiger partial charge on any atom is 0.352 e. The number of nitrogens with two attached hydrogens (primary N) is 3. The number of thioether (sulfide) groups is 1. The highest BCUT2D eigenvalue weighted by Gasteiger charge is 2.54. The van der Waals surface area contributed by atoms with Crippen LogP contribution in [0.15, 0.2) is 22.6 Å². The first-order chi connectivity index (χ1) is 21.2. The molecule has 0 unspecified atom stereocenters. The second-order valence-electron chi connectivity index (χ2n) is 10.4. The number of nitrogens with one attached hydrogen (secondary N) is 2. The Hall–Kier alpha value is -4.76. The fourth-order valence-electron chi connectivity index (χ4n) is 4.39. The highest BCUT2D eigenvalue weighted by atomic mass is 32.2. The largest absolute Gasteiger partial charge is 0.478 e. The van der Waals surface area contributed by atoms with Crippen molar-refractivity contribution in [1.82, 2.24) is 24.3 Å². The van der Waals surface area contributed by atoms with Gasteiger partial charge in [-0.1, -0.05) is 5.16 Å². The van der Waals surface area contributed by atoms with Gasteiger partial charge in [0, 0.05) is 42.4 Å². The van der Waals surface area contributed by atoms with E-state index in [1.54, 1.807) is 11.7 Å². The van der Waals surface area contributed by atoms with Crippen molar-refractivity contribution >= 4 is 75.3 Å². The zero-order chi connectivity index (χ0) is 33.2. The maximum atomic E-state index is 13.3. The van der Waals surface area contributed by atoms with Crippen LogP contribution in [0.3, 0.4) is 0 Å². The summed E-state index contributed by atoms with van der Waals surface area (Å²) in [6, 6.07) is -0.516. The van der Waals surface area contributed by atoms with Crippen LogP contribution in [0.2, 0.25) is 0 Å². The predicted molar refractivity (Wildman–Crippen MR) is 161 cm³/mol. The molecule has 1 saturated heterocycles. The second-order valence-corrected chi connectivity index (χ2v) is 12.3. The lowest BCUT2D eigenvalue weighted by Crippen LogP contribution is -2.62. The summed E-state index contributed by atoms with van der Waals surface area (Å²) >= 11 is 2.06. The Morgan fingerprint density at radius 2 is 1.98 bits per heavy atom. The summed E-state index contributed by atoms with van der Waals surface area (Å²) in [5.41, 5.74) is 15.4. The van der Waals surface area contributed by atoms with Crippen LogP contribution in [0.5, 0.6) is 0 Å². The summed E-state index contributed by atoms with van der Waals surface area (Å²) < 4.78 is 7.07. The summed E-state index contributed by atoms with van der Waals surface area (Å²) in [6.45, 7) is 2.99. The van der Waals surface area contributed by atoms with Gasteiger partial charge in [0.25, 0.3) is 0 Å². The van der Waals surface area contributed by atoms with Gasteiger partial charge in [-0.3, -0.25) is 19.8 Å². The van der Waals surface area contributed by atoms with E-state index in [2.05, 4.69) is 25.1 Å². The standard InChI is InChI=1S/C24H31N11O8S2/c1-24(2,21(40)41)43-31-14(17-30-22(27)45-32-17)13(36)6-11-18(37)35-15(20(38)39)10(9-44-19(11)35)7-34-8-12(16(26)33(34)3)29-23(42)28-5-4-25/h8,11,19,26H,4-7,9,25H2,1-3H3,(H6,27,28,29,30,32,38,39,40,41,42)/p+1/b31-14+/t11-,19-/m1/s1. The van der Waals surface area contributed by atoms with Gasteiger partial charge in [0.15, 0.2) is 34.7 Å². The van der Waals surface area contributed by atoms with Crippen molar-refractivity contribution in [2.24, 2.45) is 23.9 Å². The van der Waals surface area contributed by atoms with E-state index in [4.69, 9.17) is 22.0 Å². The van der Waals surface area contributed by atoms with Crippen molar-refractivity contribution in [2.45, 2.75) is 37.8 Å². The number of carboxylic acid groups (broad SMARTS) is 2. The Morgan fingerprint density at radius 3 is 2.58 bits per heavy atom. The van der Waals surface area contributed by atoms with Gasteiger partial charge in [0.2, 0.25) is 23.5 Å². The van der Waals surface area contributed by atoms with Crippen molar-refractivity contribution in [1.29, 1.82) is 0 Å². The van der Waals surface area contributed by atoms with Gasteiger partial charge in [0.05, 0.1) is 18.3 Å². The van der Waals surface area contributed by atoms with Crippen molar-refractivity contribution in [3.63, 3.8) is 0 Å². The highest BCUT2D eigenvalue weighted by molar-refractivity contribution is 8.00. The van der Waals surface area contributed by atoms with E-state index in [9.17, 15) is 34.2 Å².